The van der Waals surface area contributed by atoms with Crippen LogP contribution in [0.2, 0.25) is 0 Å². The van der Waals surface area contributed by atoms with E-state index in [9.17, 15) is 36.6 Å². The number of halogens is 6. The molecule has 1 atom stereocenters. The highest BCUT2D eigenvalue weighted by atomic mass is 19.4. The number of rotatable bonds is 4. The van der Waals surface area contributed by atoms with Crippen LogP contribution >= 0.6 is 0 Å². The van der Waals surface area contributed by atoms with Crippen molar-refractivity contribution in [1.82, 2.24) is 19.7 Å². The van der Waals surface area contributed by atoms with Gasteiger partial charge in [0.15, 0.2) is 17.5 Å². The summed E-state index contributed by atoms with van der Waals surface area (Å²) in [5, 5.41) is 28.7. The van der Waals surface area contributed by atoms with Gasteiger partial charge in [0.05, 0.1) is 12.6 Å². The largest absolute Gasteiger partial charge is 0.860 e. The minimum absolute atomic E-state index is 0.0681. The van der Waals surface area contributed by atoms with Gasteiger partial charge in [-0.2, -0.15) is 13.2 Å². The number of benzene rings is 1. The van der Waals surface area contributed by atoms with Gasteiger partial charge < -0.3 is 19.7 Å². The second-order valence-electron chi connectivity index (χ2n) is 6.14. The van der Waals surface area contributed by atoms with Crippen LogP contribution in [-0.4, -0.2) is 37.4 Å². The maximum Gasteiger partial charge on any atom is 0.451 e. The topological polar surface area (TPSA) is 77.2 Å². The zero-order valence-corrected chi connectivity index (χ0v) is 14.0. The van der Waals surface area contributed by atoms with E-state index in [1.807, 2.05) is 0 Å². The van der Waals surface area contributed by atoms with Crippen LogP contribution in [0.5, 0.6) is 0 Å². The first kappa shape index (κ1) is 20.0. The Labute approximate surface area is 154 Å². The highest BCUT2D eigenvalue weighted by molar-refractivity contribution is 5.22. The molecule has 0 amide bonds. The van der Waals surface area contributed by atoms with Gasteiger partial charge in [0, 0.05) is 25.6 Å². The Bertz CT molecular complexity index is 911. The summed E-state index contributed by atoms with van der Waals surface area (Å²) >= 11 is 0. The molecule has 0 fully saturated rings. The average molecular weight is 407 g/mol. The van der Waals surface area contributed by atoms with Gasteiger partial charge in [-0.3, -0.25) is 0 Å². The number of nitrogens with zero attached hydrogens (tertiary/aromatic N) is 4. The molecule has 2 aromatic rings. The Hall–Kier alpha value is -2.76. The Morgan fingerprint density at radius 1 is 1.14 bits per heavy atom. The Morgan fingerprint density at radius 2 is 1.82 bits per heavy atom. The second-order valence-corrected chi connectivity index (χ2v) is 6.14. The molecule has 0 aliphatic carbocycles. The summed E-state index contributed by atoms with van der Waals surface area (Å²) in [7, 11) is 0. The molecule has 1 aromatic heterocycles. The van der Waals surface area contributed by atoms with Gasteiger partial charge in [0.1, 0.15) is 5.82 Å². The first-order valence-electron chi connectivity index (χ1n) is 8.00. The van der Waals surface area contributed by atoms with Crippen molar-refractivity contribution in [1.29, 1.82) is 0 Å². The molecule has 0 spiro atoms. The van der Waals surface area contributed by atoms with E-state index in [1.165, 1.54) is 0 Å². The Balaban J connectivity index is 1.70. The quantitative estimate of drug-likeness (QED) is 0.470. The minimum atomic E-state index is -4.67. The predicted molar refractivity (Wildman–Crippen MR) is 79.5 cm³/mol. The lowest BCUT2D eigenvalue weighted by atomic mass is 10.1. The van der Waals surface area contributed by atoms with Crippen molar-refractivity contribution in [3.8, 4) is 0 Å². The predicted octanol–water partition coefficient (Wildman–Crippen LogP) is 1.34. The summed E-state index contributed by atoms with van der Waals surface area (Å²) in [5.41, 5.74) is -0.330. The summed E-state index contributed by atoms with van der Waals surface area (Å²) in [6.07, 6.45) is -5.86. The maximum atomic E-state index is 13.6. The van der Waals surface area contributed by atoms with Crippen LogP contribution in [-0.2, 0) is 25.7 Å². The molecule has 152 valence electrons. The molecule has 0 saturated heterocycles. The molecule has 0 radical (unpaired) electrons. The van der Waals surface area contributed by atoms with Crippen LogP contribution in [0.4, 0.5) is 26.3 Å². The molecule has 1 aromatic carbocycles. The monoisotopic (exact) mass is 407 g/mol. The zero-order chi connectivity index (χ0) is 20.6. The fraction of sp³-hybridized carbons (Fsp3) is 0.375. The number of fused-ring (bicyclic) bond motifs is 1. The van der Waals surface area contributed by atoms with Gasteiger partial charge in [-0.1, -0.05) is 0 Å². The zero-order valence-electron chi connectivity index (χ0n) is 14.0. The third kappa shape index (κ3) is 4.06. The Kier molecular flexibility index (Phi) is 5.24. The minimum Gasteiger partial charge on any atom is -0.860 e. The molecule has 1 aliphatic heterocycles. The molecule has 6 nitrogen and oxygen atoms in total. The van der Waals surface area contributed by atoms with Crippen LogP contribution in [0, 0.1) is 17.5 Å². The van der Waals surface area contributed by atoms with Crippen molar-refractivity contribution < 1.29 is 36.6 Å². The van der Waals surface area contributed by atoms with Crippen LogP contribution in [0.25, 0.3) is 0 Å². The average Bonchev–Trinajstić information content (AvgIpc) is 3.03. The van der Waals surface area contributed by atoms with Crippen LogP contribution in [0.15, 0.2) is 24.1 Å². The lowest BCUT2D eigenvalue weighted by Gasteiger charge is -2.35. The van der Waals surface area contributed by atoms with Gasteiger partial charge in [-0.25, -0.2) is 13.2 Å². The van der Waals surface area contributed by atoms with Crippen LogP contribution in [0.3, 0.4) is 0 Å². The molecule has 1 unspecified atom stereocenters. The molecule has 3 rings (SSSR count). The number of hydrogen-bond donors (Lipinski definition) is 1. The van der Waals surface area contributed by atoms with Crippen molar-refractivity contribution in [2.75, 3.05) is 6.54 Å². The summed E-state index contributed by atoms with van der Waals surface area (Å²) in [6.45, 7) is -0.537. The SMILES string of the molecule is [O-]/C(=C\C(O)Cc1cc(F)c(F)cc1F)N1CCn2c(nnc2C(F)(F)F)C1. The van der Waals surface area contributed by atoms with E-state index in [4.69, 9.17) is 0 Å². The highest BCUT2D eigenvalue weighted by Crippen LogP contribution is 2.29. The standard InChI is InChI=1S/C16H14F6N4O2/c17-10-6-12(19)11(18)4-8(10)3-9(27)5-14(28)25-1-2-26-13(7-25)23-24-15(26)16(20,21)22/h4-6,9,27-28H,1-3,7H2/p-1/b14-5-. The van der Waals surface area contributed by atoms with E-state index in [0.717, 1.165) is 15.5 Å². The van der Waals surface area contributed by atoms with Crippen molar-refractivity contribution in [2.45, 2.75) is 31.8 Å². The molecular weight excluding hydrogens is 394 g/mol. The van der Waals surface area contributed by atoms with Gasteiger partial charge in [-0.15, -0.1) is 10.2 Å². The molecule has 0 bridgehead atoms. The van der Waals surface area contributed by atoms with Crippen LogP contribution < -0.4 is 5.11 Å². The number of alkyl halides is 3. The molecule has 12 heteroatoms. The number of aliphatic hydroxyl groups excluding tert-OH is 1. The molecule has 0 saturated carbocycles. The first-order chi connectivity index (χ1) is 13.1. The Morgan fingerprint density at radius 3 is 2.50 bits per heavy atom. The van der Waals surface area contributed by atoms with E-state index in [0.29, 0.717) is 12.1 Å². The summed E-state index contributed by atoms with van der Waals surface area (Å²) < 4.78 is 79.0. The third-order valence-corrected chi connectivity index (χ3v) is 4.17. The third-order valence-electron chi connectivity index (χ3n) is 4.17. The summed E-state index contributed by atoms with van der Waals surface area (Å²) in [4.78, 5) is 1.13. The molecule has 2 heterocycles. The number of aromatic nitrogens is 3. The van der Waals surface area contributed by atoms with Crippen molar-refractivity contribution in [3.63, 3.8) is 0 Å². The van der Waals surface area contributed by atoms with Crippen LogP contribution in [0.1, 0.15) is 17.2 Å². The van der Waals surface area contributed by atoms with E-state index in [-0.39, 0.29) is 31.0 Å². The van der Waals surface area contributed by atoms with E-state index < -0.39 is 47.9 Å². The maximum absolute atomic E-state index is 13.6. The molecule has 1 N–H and O–H groups in total. The fourth-order valence-corrected chi connectivity index (χ4v) is 2.83. The normalized spacial score (nSPS) is 16.2. The highest BCUT2D eigenvalue weighted by Gasteiger charge is 2.39. The first-order valence-corrected chi connectivity index (χ1v) is 8.00. The number of hydrogen-bond acceptors (Lipinski definition) is 5. The number of aliphatic hydroxyl groups is 1. The summed E-state index contributed by atoms with van der Waals surface area (Å²) in [5.74, 6) is -5.71. The smallest absolute Gasteiger partial charge is 0.451 e. The fourth-order valence-electron chi connectivity index (χ4n) is 2.83. The van der Waals surface area contributed by atoms with Gasteiger partial charge in [0.25, 0.3) is 0 Å². The molecular formula is C16H13F6N4O2-. The van der Waals surface area contributed by atoms with Gasteiger partial charge in [0.2, 0.25) is 5.82 Å². The summed E-state index contributed by atoms with van der Waals surface area (Å²) in [6, 6.07) is 0.906. The lowest BCUT2D eigenvalue weighted by Crippen LogP contribution is -2.39. The molecule has 1 aliphatic rings. The second kappa shape index (κ2) is 7.34. The van der Waals surface area contributed by atoms with E-state index in [1.54, 1.807) is 0 Å². The molecule has 28 heavy (non-hydrogen) atoms. The lowest BCUT2D eigenvalue weighted by molar-refractivity contribution is -0.336. The van der Waals surface area contributed by atoms with Crippen molar-refractivity contribution >= 4 is 0 Å². The van der Waals surface area contributed by atoms with Gasteiger partial charge >= 0.3 is 6.18 Å². The van der Waals surface area contributed by atoms with E-state index in [2.05, 4.69) is 10.2 Å². The van der Waals surface area contributed by atoms with Gasteiger partial charge in [-0.05, 0) is 23.6 Å². The van der Waals surface area contributed by atoms with Crippen molar-refractivity contribution in [2.24, 2.45) is 0 Å². The van der Waals surface area contributed by atoms with Crippen molar-refractivity contribution in [3.05, 3.63) is 58.8 Å². The van der Waals surface area contributed by atoms with E-state index >= 15 is 0 Å².